The number of imidazole rings is 1. The highest BCUT2D eigenvalue weighted by Gasteiger charge is 2.28. The largest absolute Gasteiger partial charge is 0.383 e. The molecule has 29 heavy (non-hydrogen) atoms. The number of methoxy groups -OCH3 is 1. The standard InChI is InChI=1S/C20H28N4O2S.2ClH/c1-26-14-13-23-12-9-22-19(23)15-6-10-24(11-7-15)20(25)18-5-4-17(27-18)16-3-2-8-21-16;;/h4-5,9,12,15-16,21H,2-3,6-8,10-11,13-14H2,1H3;2*1H. The zero-order valence-electron chi connectivity index (χ0n) is 16.7. The number of hydrogen-bond acceptors (Lipinski definition) is 5. The van der Waals surface area contributed by atoms with Crippen LogP contribution in [0, 0.1) is 0 Å². The molecule has 2 fully saturated rings. The zero-order chi connectivity index (χ0) is 18.6. The van der Waals surface area contributed by atoms with E-state index in [1.807, 2.05) is 23.4 Å². The molecule has 2 aliphatic heterocycles. The highest BCUT2D eigenvalue weighted by molar-refractivity contribution is 7.14. The summed E-state index contributed by atoms with van der Waals surface area (Å²) in [5, 5.41) is 3.51. The second-order valence-electron chi connectivity index (χ2n) is 7.39. The lowest BCUT2D eigenvalue weighted by atomic mass is 9.95. The summed E-state index contributed by atoms with van der Waals surface area (Å²) in [6, 6.07) is 4.57. The molecule has 162 valence electrons. The van der Waals surface area contributed by atoms with Crippen molar-refractivity contribution in [1.82, 2.24) is 19.8 Å². The SMILES string of the molecule is COCCn1ccnc1C1CCN(C(=O)c2ccc(C3CCCN3)s2)CC1.Cl.Cl. The number of halogens is 2. The summed E-state index contributed by atoms with van der Waals surface area (Å²) in [6.45, 7) is 4.21. The van der Waals surface area contributed by atoms with Crippen LogP contribution in [-0.4, -0.2) is 53.7 Å². The number of carbonyl (C=O) groups is 1. The summed E-state index contributed by atoms with van der Waals surface area (Å²) in [5.41, 5.74) is 0. The lowest BCUT2D eigenvalue weighted by molar-refractivity contribution is 0.0715. The van der Waals surface area contributed by atoms with Crippen molar-refractivity contribution in [3.05, 3.63) is 40.1 Å². The number of likely N-dealkylation sites (tertiary alicyclic amines) is 1. The Kier molecular flexibility index (Phi) is 9.43. The minimum absolute atomic E-state index is 0. The van der Waals surface area contributed by atoms with Crippen LogP contribution in [0.5, 0.6) is 0 Å². The van der Waals surface area contributed by atoms with E-state index in [4.69, 9.17) is 4.74 Å². The third kappa shape index (κ3) is 5.52. The monoisotopic (exact) mass is 460 g/mol. The van der Waals surface area contributed by atoms with E-state index in [1.54, 1.807) is 18.4 Å². The molecule has 1 unspecified atom stereocenters. The van der Waals surface area contributed by atoms with Gasteiger partial charge in [0, 0.05) is 56.0 Å². The van der Waals surface area contributed by atoms with Gasteiger partial charge in [0.25, 0.3) is 5.91 Å². The molecular weight excluding hydrogens is 431 g/mol. The molecule has 1 N–H and O–H groups in total. The molecule has 0 radical (unpaired) electrons. The van der Waals surface area contributed by atoms with Gasteiger partial charge >= 0.3 is 0 Å². The van der Waals surface area contributed by atoms with Crippen LogP contribution in [0.3, 0.4) is 0 Å². The van der Waals surface area contributed by atoms with Crippen LogP contribution < -0.4 is 5.32 Å². The van der Waals surface area contributed by atoms with Gasteiger partial charge in [-0.25, -0.2) is 4.98 Å². The molecule has 4 rings (SSSR count). The molecule has 2 saturated heterocycles. The smallest absolute Gasteiger partial charge is 0.263 e. The normalized spacial score (nSPS) is 19.6. The van der Waals surface area contributed by atoms with E-state index in [-0.39, 0.29) is 30.7 Å². The highest BCUT2D eigenvalue weighted by Crippen LogP contribution is 2.32. The average Bonchev–Trinajstić information content (AvgIpc) is 3.47. The van der Waals surface area contributed by atoms with E-state index in [9.17, 15) is 4.79 Å². The van der Waals surface area contributed by atoms with Crippen LogP contribution in [0.2, 0.25) is 0 Å². The number of piperidine rings is 1. The molecule has 4 heterocycles. The van der Waals surface area contributed by atoms with E-state index in [0.717, 1.165) is 49.7 Å². The van der Waals surface area contributed by atoms with Crippen molar-refractivity contribution in [2.75, 3.05) is 33.4 Å². The molecule has 0 spiro atoms. The fourth-order valence-corrected chi connectivity index (χ4v) is 5.22. The van der Waals surface area contributed by atoms with Crippen molar-refractivity contribution in [3.8, 4) is 0 Å². The Morgan fingerprint density at radius 2 is 2.07 bits per heavy atom. The zero-order valence-corrected chi connectivity index (χ0v) is 19.2. The van der Waals surface area contributed by atoms with E-state index >= 15 is 0 Å². The first-order valence-electron chi connectivity index (χ1n) is 9.88. The van der Waals surface area contributed by atoms with Crippen molar-refractivity contribution in [2.45, 2.75) is 44.2 Å². The maximum Gasteiger partial charge on any atom is 0.263 e. The molecule has 0 bridgehead atoms. The van der Waals surface area contributed by atoms with E-state index in [0.29, 0.717) is 18.6 Å². The number of thiophene rings is 1. The minimum Gasteiger partial charge on any atom is -0.383 e. The Labute approximate surface area is 188 Å². The predicted octanol–water partition coefficient (Wildman–Crippen LogP) is 3.88. The lowest BCUT2D eigenvalue weighted by Gasteiger charge is -2.31. The van der Waals surface area contributed by atoms with Gasteiger partial charge in [0.15, 0.2) is 0 Å². The van der Waals surface area contributed by atoms with Crippen molar-refractivity contribution < 1.29 is 9.53 Å². The van der Waals surface area contributed by atoms with Gasteiger partial charge in [0.1, 0.15) is 5.82 Å². The molecule has 2 aliphatic rings. The maximum absolute atomic E-state index is 12.9. The number of rotatable bonds is 6. The number of ether oxygens (including phenoxy) is 1. The third-order valence-electron chi connectivity index (χ3n) is 5.67. The van der Waals surface area contributed by atoms with Crippen molar-refractivity contribution in [3.63, 3.8) is 0 Å². The number of amides is 1. The van der Waals surface area contributed by atoms with Crippen molar-refractivity contribution in [1.29, 1.82) is 0 Å². The number of nitrogens with one attached hydrogen (secondary N) is 1. The number of aromatic nitrogens is 2. The first-order valence-corrected chi connectivity index (χ1v) is 10.7. The maximum atomic E-state index is 12.9. The highest BCUT2D eigenvalue weighted by atomic mass is 35.5. The van der Waals surface area contributed by atoms with E-state index in [1.165, 1.54) is 17.7 Å². The Morgan fingerprint density at radius 3 is 2.76 bits per heavy atom. The van der Waals surface area contributed by atoms with E-state index < -0.39 is 0 Å². The van der Waals surface area contributed by atoms with Crippen LogP contribution in [-0.2, 0) is 11.3 Å². The Hall–Kier alpha value is -1.12. The number of hydrogen-bond donors (Lipinski definition) is 1. The third-order valence-corrected chi connectivity index (χ3v) is 6.86. The first kappa shape index (κ1) is 24.2. The Morgan fingerprint density at radius 1 is 1.28 bits per heavy atom. The molecule has 2 aromatic rings. The first-order chi connectivity index (χ1) is 13.3. The Bertz CT molecular complexity index is 768. The summed E-state index contributed by atoms with van der Waals surface area (Å²) < 4.78 is 7.38. The molecule has 1 amide bonds. The predicted molar refractivity (Wildman–Crippen MR) is 121 cm³/mol. The van der Waals surface area contributed by atoms with Crippen molar-refractivity contribution in [2.24, 2.45) is 0 Å². The Balaban J connectivity index is 0.00000150. The topological polar surface area (TPSA) is 59.4 Å². The van der Waals surface area contributed by atoms with Crippen LogP contribution in [0.25, 0.3) is 0 Å². The van der Waals surface area contributed by atoms with Gasteiger partial charge in [-0.2, -0.15) is 0 Å². The number of carbonyl (C=O) groups excluding carboxylic acids is 1. The average molecular weight is 461 g/mol. The second-order valence-corrected chi connectivity index (χ2v) is 8.50. The summed E-state index contributed by atoms with van der Waals surface area (Å²) in [7, 11) is 1.72. The van der Waals surface area contributed by atoms with Crippen LogP contribution in [0.15, 0.2) is 24.5 Å². The molecule has 0 saturated carbocycles. The van der Waals surface area contributed by atoms with E-state index in [2.05, 4.69) is 20.9 Å². The summed E-state index contributed by atoms with van der Waals surface area (Å²) in [6.07, 6.45) is 8.23. The molecule has 6 nitrogen and oxygen atoms in total. The van der Waals surface area contributed by atoms with Gasteiger partial charge in [0.2, 0.25) is 0 Å². The van der Waals surface area contributed by atoms with Crippen LogP contribution in [0.1, 0.15) is 58.0 Å². The summed E-state index contributed by atoms with van der Waals surface area (Å²) >= 11 is 1.66. The quantitative estimate of drug-likeness (QED) is 0.710. The minimum atomic E-state index is 0. The van der Waals surface area contributed by atoms with Gasteiger partial charge in [-0.15, -0.1) is 36.2 Å². The molecular formula is C20H30Cl2N4O2S. The van der Waals surface area contributed by atoms with Gasteiger partial charge in [-0.3, -0.25) is 4.79 Å². The van der Waals surface area contributed by atoms with Gasteiger partial charge in [0.05, 0.1) is 11.5 Å². The van der Waals surface area contributed by atoms with Crippen LogP contribution in [0.4, 0.5) is 0 Å². The molecule has 2 aromatic heterocycles. The van der Waals surface area contributed by atoms with Crippen LogP contribution >= 0.6 is 36.2 Å². The fourth-order valence-electron chi connectivity index (χ4n) is 4.14. The summed E-state index contributed by atoms with van der Waals surface area (Å²) in [4.78, 5) is 21.7. The van der Waals surface area contributed by atoms with Gasteiger partial charge < -0.3 is 19.5 Å². The summed E-state index contributed by atoms with van der Waals surface area (Å²) in [5.74, 6) is 1.73. The molecule has 1 atom stereocenters. The molecule has 9 heteroatoms. The lowest BCUT2D eigenvalue weighted by Crippen LogP contribution is -2.38. The van der Waals surface area contributed by atoms with Gasteiger partial charge in [-0.1, -0.05) is 0 Å². The second kappa shape index (κ2) is 11.3. The fraction of sp³-hybridized carbons (Fsp3) is 0.600. The number of nitrogens with zero attached hydrogens (tertiary/aromatic N) is 3. The van der Waals surface area contributed by atoms with Gasteiger partial charge in [-0.05, 0) is 44.4 Å². The molecule has 0 aromatic carbocycles. The van der Waals surface area contributed by atoms with Crippen molar-refractivity contribution >= 4 is 42.1 Å². The molecule has 0 aliphatic carbocycles.